The number of ether oxygens (including phenoxy) is 4. The van der Waals surface area contributed by atoms with Crippen molar-refractivity contribution >= 4 is 51.4 Å². The lowest BCUT2D eigenvalue weighted by Crippen LogP contribution is -2.37. The first kappa shape index (κ1) is 31.4. The lowest BCUT2D eigenvalue weighted by atomic mass is 10.1. The van der Waals surface area contributed by atoms with Gasteiger partial charge in [0.1, 0.15) is 17.3 Å². The number of benzene rings is 3. The minimum absolute atomic E-state index is 0.0136. The monoisotopic (exact) mass is 638 g/mol. The molecular weight excluding hydrogens is 607 g/mol. The van der Waals surface area contributed by atoms with Gasteiger partial charge in [-0.1, -0.05) is 23.7 Å². The van der Waals surface area contributed by atoms with Crippen molar-refractivity contribution in [3.63, 3.8) is 0 Å². The minimum Gasteiger partial charge on any atom is -0.493 e. The summed E-state index contributed by atoms with van der Waals surface area (Å²) in [5, 5.41) is 6.65. The molecule has 44 heavy (non-hydrogen) atoms. The average molecular weight is 639 g/mol. The normalized spacial score (nSPS) is 13.3. The third kappa shape index (κ3) is 8.54. The number of fused-ring (bicyclic) bond motifs is 1. The average Bonchev–Trinajstić information content (AvgIpc) is 3.00. The Morgan fingerprint density at radius 3 is 2.68 bits per heavy atom. The van der Waals surface area contributed by atoms with Crippen LogP contribution in [0.4, 0.5) is 10.1 Å². The topological polar surface area (TPSA) is 94.2 Å². The van der Waals surface area contributed by atoms with Crippen LogP contribution in [0.2, 0.25) is 5.02 Å². The number of rotatable bonds is 11. The molecule has 1 amide bonds. The molecule has 1 aliphatic rings. The van der Waals surface area contributed by atoms with Crippen LogP contribution in [0.5, 0.6) is 23.0 Å². The van der Waals surface area contributed by atoms with Gasteiger partial charge in [-0.3, -0.25) is 14.7 Å². The molecule has 0 saturated carbocycles. The fourth-order valence-electron chi connectivity index (χ4n) is 4.73. The van der Waals surface area contributed by atoms with Crippen molar-refractivity contribution < 1.29 is 28.1 Å². The molecule has 3 aromatic carbocycles. The number of methoxy groups -OCH3 is 1. The van der Waals surface area contributed by atoms with Crippen LogP contribution in [0.25, 0.3) is 10.9 Å². The number of nitrogens with zero attached hydrogens (tertiary/aromatic N) is 2. The predicted octanol–water partition coefficient (Wildman–Crippen LogP) is 5.99. The minimum atomic E-state index is -0.406. The van der Waals surface area contributed by atoms with Gasteiger partial charge in [0.05, 0.1) is 43.9 Å². The maximum Gasteiger partial charge on any atom is 0.230 e. The number of anilines is 1. The molecule has 0 spiro atoms. The van der Waals surface area contributed by atoms with Crippen molar-refractivity contribution in [1.82, 2.24) is 15.2 Å². The van der Waals surface area contributed by atoms with Gasteiger partial charge in [0.25, 0.3) is 0 Å². The fraction of sp³-hybridized carbons (Fsp3) is 0.281. The number of pyridine rings is 1. The van der Waals surface area contributed by atoms with Crippen LogP contribution in [0, 0.1) is 5.82 Å². The Morgan fingerprint density at radius 2 is 1.91 bits per heavy atom. The van der Waals surface area contributed by atoms with E-state index in [1.165, 1.54) is 12.1 Å². The van der Waals surface area contributed by atoms with Crippen LogP contribution in [0.1, 0.15) is 12.0 Å². The van der Waals surface area contributed by atoms with Gasteiger partial charge in [-0.25, -0.2) is 4.39 Å². The predicted molar refractivity (Wildman–Crippen MR) is 172 cm³/mol. The molecule has 9 nitrogen and oxygen atoms in total. The summed E-state index contributed by atoms with van der Waals surface area (Å²) in [5.74, 6) is 1.35. The number of halogens is 2. The van der Waals surface area contributed by atoms with E-state index >= 15 is 0 Å². The number of carbonyl (C=O) groups excluding carboxylic acids is 1. The first-order valence-electron chi connectivity index (χ1n) is 14.1. The summed E-state index contributed by atoms with van der Waals surface area (Å²) in [6.07, 6.45) is 2.52. The van der Waals surface area contributed by atoms with Gasteiger partial charge in [-0.2, -0.15) is 0 Å². The smallest absolute Gasteiger partial charge is 0.230 e. The van der Waals surface area contributed by atoms with Crippen molar-refractivity contribution in [2.45, 2.75) is 12.8 Å². The van der Waals surface area contributed by atoms with E-state index in [0.717, 1.165) is 44.7 Å². The van der Waals surface area contributed by atoms with Gasteiger partial charge in [0.15, 0.2) is 16.6 Å². The maximum absolute atomic E-state index is 13.4. The van der Waals surface area contributed by atoms with Gasteiger partial charge in [0, 0.05) is 43.0 Å². The highest BCUT2D eigenvalue weighted by Gasteiger charge is 2.15. The standard InChI is InChI=1S/C32H32ClFN4O5S/c1-40-29-19-24-26(20-30(29)42-13-3-10-38-11-14-41-15-12-38)35-9-8-27(24)43-28-7-6-23(18-25(28)33)36-32(44)37-31(39)17-21-4-2-5-22(34)16-21/h2,4-9,16,18-20H,3,10-15,17H2,1H3,(H2,36,37,39,44). The zero-order valence-corrected chi connectivity index (χ0v) is 25.7. The van der Waals surface area contributed by atoms with E-state index in [1.54, 1.807) is 49.7 Å². The summed E-state index contributed by atoms with van der Waals surface area (Å²) in [6.45, 7) is 4.93. The van der Waals surface area contributed by atoms with Gasteiger partial charge < -0.3 is 29.6 Å². The molecule has 0 atom stereocenters. The van der Waals surface area contributed by atoms with Crippen molar-refractivity contribution in [2.75, 3.05) is 51.9 Å². The van der Waals surface area contributed by atoms with Gasteiger partial charge in [-0.05, 0) is 66.7 Å². The van der Waals surface area contributed by atoms with Gasteiger partial charge >= 0.3 is 0 Å². The second-order valence-electron chi connectivity index (χ2n) is 10.0. The number of nitrogens with one attached hydrogen (secondary N) is 2. The summed E-state index contributed by atoms with van der Waals surface area (Å²) < 4.78 is 36.7. The molecule has 2 heterocycles. The molecule has 5 rings (SSSR count). The zero-order valence-electron chi connectivity index (χ0n) is 24.1. The molecule has 0 aliphatic carbocycles. The van der Waals surface area contributed by atoms with Gasteiger partial charge in [0.2, 0.25) is 5.91 Å². The zero-order chi connectivity index (χ0) is 30.9. The van der Waals surface area contributed by atoms with E-state index < -0.39 is 5.82 Å². The largest absolute Gasteiger partial charge is 0.493 e. The lowest BCUT2D eigenvalue weighted by Gasteiger charge is -2.26. The second kappa shape index (κ2) is 15.1. The quantitative estimate of drug-likeness (QED) is 0.152. The van der Waals surface area contributed by atoms with Crippen LogP contribution in [-0.2, 0) is 16.0 Å². The molecule has 230 valence electrons. The third-order valence-electron chi connectivity index (χ3n) is 6.88. The first-order chi connectivity index (χ1) is 21.4. The van der Waals surface area contributed by atoms with E-state index in [0.29, 0.717) is 51.4 Å². The Bertz CT molecular complexity index is 1640. The highest BCUT2D eigenvalue weighted by Crippen LogP contribution is 2.39. The third-order valence-corrected chi connectivity index (χ3v) is 7.38. The van der Waals surface area contributed by atoms with Crippen LogP contribution in [0.3, 0.4) is 0 Å². The number of amides is 1. The second-order valence-corrected chi connectivity index (χ2v) is 10.9. The highest BCUT2D eigenvalue weighted by molar-refractivity contribution is 7.80. The molecule has 2 N–H and O–H groups in total. The summed E-state index contributed by atoms with van der Waals surface area (Å²) >= 11 is 11.8. The Hall–Kier alpha value is -4.03. The molecule has 4 aromatic rings. The number of aromatic nitrogens is 1. The molecule has 0 bridgehead atoms. The number of thiocarbonyl (C=S) groups is 1. The Kier molecular flexibility index (Phi) is 10.8. The Balaban J connectivity index is 1.20. The van der Waals surface area contributed by atoms with E-state index in [2.05, 4.69) is 20.5 Å². The van der Waals surface area contributed by atoms with Crippen molar-refractivity contribution in [2.24, 2.45) is 0 Å². The van der Waals surface area contributed by atoms with E-state index in [-0.39, 0.29) is 17.4 Å². The maximum atomic E-state index is 13.4. The highest BCUT2D eigenvalue weighted by atomic mass is 35.5. The van der Waals surface area contributed by atoms with Crippen LogP contribution < -0.4 is 24.8 Å². The molecule has 1 aromatic heterocycles. The Labute approximate surface area is 265 Å². The molecule has 1 aliphatic heterocycles. The van der Waals surface area contributed by atoms with E-state index in [9.17, 15) is 9.18 Å². The molecule has 0 unspecified atom stereocenters. The SMILES string of the molecule is COc1cc2c(Oc3ccc(NC(=S)NC(=O)Cc4cccc(F)c4)cc3Cl)ccnc2cc1OCCCN1CCOCC1. The van der Waals surface area contributed by atoms with Crippen molar-refractivity contribution in [3.05, 3.63) is 83.3 Å². The summed E-state index contributed by atoms with van der Waals surface area (Å²) in [7, 11) is 1.59. The summed E-state index contributed by atoms with van der Waals surface area (Å²) in [5.41, 5.74) is 1.77. The number of hydrogen-bond donors (Lipinski definition) is 2. The molecular formula is C32H32ClFN4O5S. The van der Waals surface area contributed by atoms with Crippen LogP contribution in [-0.4, -0.2) is 67.5 Å². The fourth-order valence-corrected chi connectivity index (χ4v) is 5.18. The van der Waals surface area contributed by atoms with Crippen LogP contribution in [0.15, 0.2) is 66.9 Å². The van der Waals surface area contributed by atoms with E-state index in [1.807, 2.05) is 12.1 Å². The Morgan fingerprint density at radius 1 is 1.07 bits per heavy atom. The lowest BCUT2D eigenvalue weighted by molar-refractivity contribution is -0.119. The summed E-state index contributed by atoms with van der Waals surface area (Å²) in [6, 6.07) is 16.3. The van der Waals surface area contributed by atoms with E-state index in [4.69, 9.17) is 42.8 Å². The van der Waals surface area contributed by atoms with Crippen LogP contribution >= 0.6 is 23.8 Å². The number of morpholine rings is 1. The summed E-state index contributed by atoms with van der Waals surface area (Å²) in [4.78, 5) is 19.2. The molecule has 1 fully saturated rings. The van der Waals surface area contributed by atoms with Gasteiger partial charge in [-0.15, -0.1) is 0 Å². The van der Waals surface area contributed by atoms with Crippen molar-refractivity contribution in [3.8, 4) is 23.0 Å². The molecule has 1 saturated heterocycles. The number of carbonyl (C=O) groups is 1. The van der Waals surface area contributed by atoms with Crippen molar-refractivity contribution in [1.29, 1.82) is 0 Å². The molecule has 0 radical (unpaired) electrons. The first-order valence-corrected chi connectivity index (χ1v) is 14.9. The number of hydrogen-bond acceptors (Lipinski definition) is 8. The molecule has 12 heteroatoms.